The lowest BCUT2D eigenvalue weighted by Gasteiger charge is -2.35. The first-order valence-electron chi connectivity index (χ1n) is 7.76. The van der Waals surface area contributed by atoms with E-state index in [0.29, 0.717) is 25.4 Å². The van der Waals surface area contributed by atoms with E-state index in [1.54, 1.807) is 4.31 Å². The molecule has 1 aliphatic rings. The van der Waals surface area contributed by atoms with E-state index in [0.717, 1.165) is 13.1 Å². The van der Waals surface area contributed by atoms with Gasteiger partial charge in [0.25, 0.3) is 0 Å². The minimum absolute atomic E-state index is 0.260. The minimum Gasteiger partial charge on any atom is -0.369 e. The van der Waals surface area contributed by atoms with E-state index in [1.807, 2.05) is 6.92 Å². The predicted octanol–water partition coefficient (Wildman–Crippen LogP) is 2.67. The van der Waals surface area contributed by atoms with Crippen molar-refractivity contribution in [2.75, 3.05) is 36.8 Å². The standard InChI is InChI=1S/C16H26N2O2S/c1-4-13-21(19,20)18-11-9-17(10-12-18)16-7-5-15(6-8-16)14(2)3/h5-8,14H,4,9-13H2,1-3H3. The van der Waals surface area contributed by atoms with E-state index in [4.69, 9.17) is 0 Å². The molecule has 1 aromatic rings. The molecule has 0 radical (unpaired) electrons. The topological polar surface area (TPSA) is 40.6 Å². The highest BCUT2D eigenvalue weighted by molar-refractivity contribution is 7.89. The Bertz CT molecular complexity index is 544. The zero-order valence-corrected chi connectivity index (χ0v) is 14.1. The third-order valence-electron chi connectivity index (χ3n) is 4.02. The van der Waals surface area contributed by atoms with Gasteiger partial charge in [-0.25, -0.2) is 8.42 Å². The molecule has 1 saturated heterocycles. The van der Waals surface area contributed by atoms with Gasteiger partial charge in [-0.2, -0.15) is 4.31 Å². The normalized spacial score (nSPS) is 17.4. The number of sulfonamides is 1. The Labute approximate surface area is 128 Å². The van der Waals surface area contributed by atoms with Crippen LogP contribution in [0.2, 0.25) is 0 Å². The maximum Gasteiger partial charge on any atom is 0.214 e. The molecule has 21 heavy (non-hydrogen) atoms. The van der Waals surface area contributed by atoms with E-state index in [2.05, 4.69) is 43.0 Å². The van der Waals surface area contributed by atoms with Crippen LogP contribution in [0.3, 0.4) is 0 Å². The molecule has 0 atom stereocenters. The molecule has 0 amide bonds. The zero-order chi connectivity index (χ0) is 15.5. The summed E-state index contributed by atoms with van der Waals surface area (Å²) in [6.07, 6.45) is 0.680. The van der Waals surface area contributed by atoms with Gasteiger partial charge in [-0.15, -0.1) is 0 Å². The highest BCUT2D eigenvalue weighted by Crippen LogP contribution is 2.21. The van der Waals surface area contributed by atoms with Crippen LogP contribution in [0.25, 0.3) is 0 Å². The fraction of sp³-hybridized carbons (Fsp3) is 0.625. The molecule has 0 saturated carbocycles. The van der Waals surface area contributed by atoms with E-state index in [9.17, 15) is 8.42 Å². The first-order chi connectivity index (χ1) is 9.94. The number of hydrogen-bond acceptors (Lipinski definition) is 3. The molecular weight excluding hydrogens is 284 g/mol. The Hall–Kier alpha value is -1.07. The van der Waals surface area contributed by atoms with Gasteiger partial charge in [-0.05, 0) is 30.0 Å². The Balaban J connectivity index is 1.98. The Morgan fingerprint density at radius 3 is 2.10 bits per heavy atom. The summed E-state index contributed by atoms with van der Waals surface area (Å²) in [5.41, 5.74) is 2.52. The van der Waals surface area contributed by atoms with Gasteiger partial charge in [0.05, 0.1) is 5.75 Å². The van der Waals surface area contributed by atoms with Crippen LogP contribution in [-0.4, -0.2) is 44.7 Å². The molecule has 1 heterocycles. The van der Waals surface area contributed by atoms with Crippen LogP contribution in [0.1, 0.15) is 38.7 Å². The molecule has 2 rings (SSSR count). The Morgan fingerprint density at radius 1 is 1.05 bits per heavy atom. The van der Waals surface area contributed by atoms with Crippen molar-refractivity contribution >= 4 is 15.7 Å². The van der Waals surface area contributed by atoms with Gasteiger partial charge in [0, 0.05) is 31.9 Å². The third-order valence-corrected chi connectivity index (χ3v) is 6.10. The zero-order valence-electron chi connectivity index (χ0n) is 13.2. The highest BCUT2D eigenvalue weighted by atomic mass is 32.2. The van der Waals surface area contributed by atoms with Crippen molar-refractivity contribution in [3.63, 3.8) is 0 Å². The number of benzene rings is 1. The van der Waals surface area contributed by atoms with Crippen LogP contribution < -0.4 is 4.90 Å². The van der Waals surface area contributed by atoms with Crippen molar-refractivity contribution < 1.29 is 8.42 Å². The molecule has 1 fully saturated rings. The summed E-state index contributed by atoms with van der Waals surface area (Å²) in [4.78, 5) is 2.27. The Kier molecular flexibility index (Phi) is 5.27. The summed E-state index contributed by atoms with van der Waals surface area (Å²) in [7, 11) is -3.05. The summed E-state index contributed by atoms with van der Waals surface area (Å²) in [6.45, 7) is 9.00. The van der Waals surface area contributed by atoms with Crippen LogP contribution in [-0.2, 0) is 10.0 Å². The van der Waals surface area contributed by atoms with Crippen molar-refractivity contribution in [2.24, 2.45) is 0 Å². The van der Waals surface area contributed by atoms with Gasteiger partial charge < -0.3 is 4.90 Å². The summed E-state index contributed by atoms with van der Waals surface area (Å²) >= 11 is 0. The molecule has 1 aromatic carbocycles. The van der Waals surface area contributed by atoms with Gasteiger partial charge in [0.15, 0.2) is 0 Å². The van der Waals surface area contributed by atoms with Crippen LogP contribution in [0.15, 0.2) is 24.3 Å². The second-order valence-electron chi connectivity index (χ2n) is 5.95. The summed E-state index contributed by atoms with van der Waals surface area (Å²) in [5, 5.41) is 0. The average Bonchev–Trinajstić information content (AvgIpc) is 2.47. The Morgan fingerprint density at radius 2 is 1.62 bits per heavy atom. The molecule has 118 valence electrons. The van der Waals surface area contributed by atoms with Crippen molar-refractivity contribution in [3.8, 4) is 0 Å². The van der Waals surface area contributed by atoms with Crippen LogP contribution in [0, 0.1) is 0 Å². The largest absolute Gasteiger partial charge is 0.369 e. The molecule has 1 aliphatic heterocycles. The molecule has 0 unspecified atom stereocenters. The second-order valence-corrected chi connectivity index (χ2v) is 8.04. The monoisotopic (exact) mass is 310 g/mol. The second kappa shape index (κ2) is 6.79. The van der Waals surface area contributed by atoms with Gasteiger partial charge in [0.1, 0.15) is 0 Å². The summed E-state index contributed by atoms with van der Waals surface area (Å²) in [6, 6.07) is 8.62. The first-order valence-corrected chi connectivity index (χ1v) is 9.37. The summed E-state index contributed by atoms with van der Waals surface area (Å²) in [5.74, 6) is 0.797. The lowest BCUT2D eigenvalue weighted by atomic mass is 10.0. The molecule has 0 N–H and O–H groups in total. The molecule has 0 aromatic heterocycles. The summed E-state index contributed by atoms with van der Waals surface area (Å²) < 4.78 is 25.7. The number of hydrogen-bond donors (Lipinski definition) is 0. The van der Waals surface area contributed by atoms with Gasteiger partial charge in [-0.3, -0.25) is 0 Å². The predicted molar refractivity (Wildman–Crippen MR) is 88.4 cm³/mol. The molecule has 0 aliphatic carbocycles. The fourth-order valence-electron chi connectivity index (χ4n) is 2.68. The average molecular weight is 310 g/mol. The fourth-order valence-corrected chi connectivity index (χ4v) is 4.18. The van der Waals surface area contributed by atoms with Gasteiger partial charge >= 0.3 is 0 Å². The van der Waals surface area contributed by atoms with Crippen molar-refractivity contribution in [3.05, 3.63) is 29.8 Å². The highest BCUT2D eigenvalue weighted by Gasteiger charge is 2.26. The number of anilines is 1. The van der Waals surface area contributed by atoms with Crippen LogP contribution >= 0.6 is 0 Å². The third kappa shape index (κ3) is 3.98. The van der Waals surface area contributed by atoms with E-state index in [-0.39, 0.29) is 5.75 Å². The lowest BCUT2D eigenvalue weighted by molar-refractivity contribution is 0.384. The first kappa shape index (κ1) is 16.3. The molecule has 5 heteroatoms. The molecule has 0 bridgehead atoms. The van der Waals surface area contributed by atoms with Gasteiger partial charge in [0.2, 0.25) is 10.0 Å². The lowest BCUT2D eigenvalue weighted by Crippen LogP contribution is -2.49. The smallest absolute Gasteiger partial charge is 0.214 e. The van der Waals surface area contributed by atoms with E-state index < -0.39 is 10.0 Å². The van der Waals surface area contributed by atoms with Gasteiger partial charge in [-0.1, -0.05) is 32.9 Å². The van der Waals surface area contributed by atoms with Crippen LogP contribution in [0.4, 0.5) is 5.69 Å². The van der Waals surface area contributed by atoms with E-state index >= 15 is 0 Å². The molecule has 4 nitrogen and oxygen atoms in total. The number of nitrogens with zero attached hydrogens (tertiary/aromatic N) is 2. The number of piperazine rings is 1. The quantitative estimate of drug-likeness (QED) is 0.839. The SMILES string of the molecule is CCCS(=O)(=O)N1CCN(c2ccc(C(C)C)cc2)CC1. The van der Waals surface area contributed by atoms with Crippen molar-refractivity contribution in [2.45, 2.75) is 33.1 Å². The molecular formula is C16H26N2O2S. The maximum atomic E-state index is 12.1. The minimum atomic E-state index is -3.05. The van der Waals surface area contributed by atoms with Crippen molar-refractivity contribution in [1.29, 1.82) is 0 Å². The van der Waals surface area contributed by atoms with Crippen molar-refractivity contribution in [1.82, 2.24) is 4.31 Å². The number of rotatable bonds is 5. The maximum absolute atomic E-state index is 12.1. The molecule has 0 spiro atoms. The van der Waals surface area contributed by atoms with Crippen LogP contribution in [0.5, 0.6) is 0 Å². The van der Waals surface area contributed by atoms with E-state index in [1.165, 1.54) is 11.3 Å².